The number of imidazole rings is 1. The molecule has 0 unspecified atom stereocenters. The fourth-order valence-corrected chi connectivity index (χ4v) is 2.89. The van der Waals surface area contributed by atoms with E-state index in [-0.39, 0.29) is 0 Å². The summed E-state index contributed by atoms with van der Waals surface area (Å²) in [6.45, 7) is 0. The highest BCUT2D eigenvalue weighted by atomic mass is 15.1. The van der Waals surface area contributed by atoms with Crippen LogP contribution in [0.25, 0.3) is 39.1 Å². The van der Waals surface area contributed by atoms with Gasteiger partial charge in [-0.25, -0.2) is 15.0 Å². The maximum atomic E-state index is 4.71. The predicted molar refractivity (Wildman–Crippen MR) is 91.2 cm³/mol. The summed E-state index contributed by atoms with van der Waals surface area (Å²) in [4.78, 5) is 14.0. The van der Waals surface area contributed by atoms with Gasteiger partial charge in [0.25, 0.3) is 0 Å². The Morgan fingerprint density at radius 2 is 1.39 bits per heavy atom. The second-order valence-electron chi connectivity index (χ2n) is 5.48. The number of hydrogen-bond acceptors (Lipinski definition) is 3. The Morgan fingerprint density at radius 3 is 2.22 bits per heavy atom. The third kappa shape index (κ3) is 1.89. The molecule has 4 heteroatoms. The monoisotopic (exact) mass is 296 g/mol. The molecule has 0 bridgehead atoms. The van der Waals surface area contributed by atoms with Crippen molar-refractivity contribution in [2.24, 2.45) is 0 Å². The second kappa shape index (κ2) is 4.61. The van der Waals surface area contributed by atoms with Crippen molar-refractivity contribution in [2.75, 3.05) is 0 Å². The Labute approximate surface area is 132 Å². The molecular formula is C19H12N4. The SMILES string of the molecule is c1ccc(-c2ccn3c(c2)nc2nc4ccccc4nc23)cc1. The van der Waals surface area contributed by atoms with Crippen LogP contribution >= 0.6 is 0 Å². The number of rotatable bonds is 1. The quantitative estimate of drug-likeness (QED) is 0.468. The molecule has 0 saturated carbocycles. The van der Waals surface area contributed by atoms with E-state index in [1.807, 2.05) is 53.1 Å². The lowest BCUT2D eigenvalue weighted by Gasteiger charge is -2.02. The zero-order valence-corrected chi connectivity index (χ0v) is 12.2. The van der Waals surface area contributed by atoms with E-state index in [9.17, 15) is 0 Å². The molecule has 0 amide bonds. The summed E-state index contributed by atoms with van der Waals surface area (Å²) in [5, 5.41) is 0. The average molecular weight is 296 g/mol. The molecule has 2 aromatic carbocycles. The first kappa shape index (κ1) is 12.3. The van der Waals surface area contributed by atoms with Crippen LogP contribution in [0.15, 0.2) is 72.9 Å². The normalized spacial score (nSPS) is 11.5. The minimum atomic E-state index is 0.675. The molecule has 108 valence electrons. The van der Waals surface area contributed by atoms with E-state index in [0.29, 0.717) is 5.65 Å². The summed E-state index contributed by atoms with van der Waals surface area (Å²) < 4.78 is 1.99. The molecule has 3 aromatic heterocycles. The van der Waals surface area contributed by atoms with Gasteiger partial charge in [-0.3, -0.25) is 4.40 Å². The molecule has 0 spiro atoms. The maximum absolute atomic E-state index is 4.71. The van der Waals surface area contributed by atoms with Crippen molar-refractivity contribution in [3.8, 4) is 11.1 Å². The van der Waals surface area contributed by atoms with Gasteiger partial charge in [0, 0.05) is 6.20 Å². The minimum absolute atomic E-state index is 0.675. The Hall–Kier alpha value is -3.27. The minimum Gasteiger partial charge on any atom is -0.283 e. The number of nitrogens with zero attached hydrogens (tertiary/aromatic N) is 4. The largest absolute Gasteiger partial charge is 0.283 e. The van der Waals surface area contributed by atoms with Crippen molar-refractivity contribution in [3.05, 3.63) is 72.9 Å². The molecule has 0 aliphatic carbocycles. The van der Waals surface area contributed by atoms with E-state index in [0.717, 1.165) is 27.9 Å². The molecular weight excluding hydrogens is 284 g/mol. The first-order valence-electron chi connectivity index (χ1n) is 7.48. The van der Waals surface area contributed by atoms with Crippen molar-refractivity contribution >= 4 is 28.0 Å². The van der Waals surface area contributed by atoms with Gasteiger partial charge in [-0.2, -0.15) is 0 Å². The van der Waals surface area contributed by atoms with Gasteiger partial charge in [0.2, 0.25) is 0 Å². The molecule has 0 saturated heterocycles. The smallest absolute Gasteiger partial charge is 0.198 e. The predicted octanol–water partition coefficient (Wildman–Crippen LogP) is 4.10. The molecule has 0 aliphatic heterocycles. The number of fused-ring (bicyclic) bond motifs is 4. The molecule has 0 N–H and O–H groups in total. The van der Waals surface area contributed by atoms with E-state index in [4.69, 9.17) is 4.98 Å². The highest BCUT2D eigenvalue weighted by molar-refractivity contribution is 5.85. The van der Waals surface area contributed by atoms with Crippen molar-refractivity contribution in [2.45, 2.75) is 0 Å². The first-order valence-corrected chi connectivity index (χ1v) is 7.48. The third-order valence-corrected chi connectivity index (χ3v) is 4.02. The fourth-order valence-electron chi connectivity index (χ4n) is 2.89. The number of aromatic nitrogens is 4. The lowest BCUT2D eigenvalue weighted by molar-refractivity contribution is 1.19. The molecule has 5 rings (SSSR count). The van der Waals surface area contributed by atoms with Gasteiger partial charge in [0.05, 0.1) is 11.0 Å². The lowest BCUT2D eigenvalue weighted by Crippen LogP contribution is -1.89. The summed E-state index contributed by atoms with van der Waals surface area (Å²) in [7, 11) is 0. The van der Waals surface area contributed by atoms with Gasteiger partial charge < -0.3 is 0 Å². The fraction of sp³-hybridized carbons (Fsp3) is 0. The van der Waals surface area contributed by atoms with Crippen molar-refractivity contribution in [3.63, 3.8) is 0 Å². The van der Waals surface area contributed by atoms with Crippen LogP contribution < -0.4 is 0 Å². The van der Waals surface area contributed by atoms with E-state index in [2.05, 4.69) is 34.2 Å². The van der Waals surface area contributed by atoms with Gasteiger partial charge >= 0.3 is 0 Å². The van der Waals surface area contributed by atoms with Gasteiger partial charge in [0.15, 0.2) is 11.3 Å². The number of para-hydroxylation sites is 2. The summed E-state index contributed by atoms with van der Waals surface area (Å²) >= 11 is 0. The lowest BCUT2D eigenvalue weighted by atomic mass is 10.1. The van der Waals surface area contributed by atoms with Crippen LogP contribution in [0, 0.1) is 0 Å². The van der Waals surface area contributed by atoms with E-state index < -0.39 is 0 Å². The van der Waals surface area contributed by atoms with Crippen LogP contribution in [0.3, 0.4) is 0 Å². The van der Waals surface area contributed by atoms with E-state index in [1.54, 1.807) is 0 Å². The van der Waals surface area contributed by atoms with Gasteiger partial charge in [-0.15, -0.1) is 0 Å². The third-order valence-electron chi connectivity index (χ3n) is 4.02. The molecule has 23 heavy (non-hydrogen) atoms. The average Bonchev–Trinajstić information content (AvgIpc) is 2.97. The van der Waals surface area contributed by atoms with Crippen molar-refractivity contribution in [1.82, 2.24) is 19.4 Å². The van der Waals surface area contributed by atoms with Crippen LogP contribution in [0.2, 0.25) is 0 Å². The van der Waals surface area contributed by atoms with Crippen LogP contribution in [0.4, 0.5) is 0 Å². The maximum Gasteiger partial charge on any atom is 0.198 e. The highest BCUT2D eigenvalue weighted by Crippen LogP contribution is 2.23. The van der Waals surface area contributed by atoms with Crippen LogP contribution in [0.1, 0.15) is 0 Å². The molecule has 0 atom stereocenters. The van der Waals surface area contributed by atoms with Crippen molar-refractivity contribution in [1.29, 1.82) is 0 Å². The molecule has 0 radical (unpaired) electrons. The van der Waals surface area contributed by atoms with Gasteiger partial charge in [-0.05, 0) is 35.4 Å². The molecule has 4 nitrogen and oxygen atoms in total. The standard InChI is InChI=1S/C19H12N4/c1-2-6-13(7-3-1)14-10-11-23-17(12-14)22-18-19(23)21-16-9-5-4-8-15(16)20-18/h1-12H. The Bertz CT molecular complexity index is 1160. The number of pyridine rings is 1. The molecule has 3 heterocycles. The number of hydrogen-bond donors (Lipinski definition) is 0. The Balaban J connectivity index is 1.80. The Morgan fingerprint density at radius 1 is 0.652 bits per heavy atom. The Kier molecular flexibility index (Phi) is 2.46. The first-order chi connectivity index (χ1) is 11.4. The highest BCUT2D eigenvalue weighted by Gasteiger charge is 2.09. The van der Waals surface area contributed by atoms with Crippen LogP contribution in [-0.4, -0.2) is 19.4 Å². The van der Waals surface area contributed by atoms with Gasteiger partial charge in [0.1, 0.15) is 5.65 Å². The summed E-state index contributed by atoms with van der Waals surface area (Å²) in [6, 6.07) is 22.3. The van der Waals surface area contributed by atoms with Gasteiger partial charge in [-0.1, -0.05) is 42.5 Å². The van der Waals surface area contributed by atoms with E-state index >= 15 is 0 Å². The summed E-state index contributed by atoms with van der Waals surface area (Å²) in [5.41, 5.74) is 6.38. The second-order valence-corrected chi connectivity index (χ2v) is 5.48. The van der Waals surface area contributed by atoms with Crippen LogP contribution in [-0.2, 0) is 0 Å². The number of benzene rings is 2. The molecule has 0 aliphatic rings. The zero-order valence-electron chi connectivity index (χ0n) is 12.2. The topological polar surface area (TPSA) is 43.1 Å². The zero-order chi connectivity index (χ0) is 15.2. The van der Waals surface area contributed by atoms with E-state index in [1.165, 1.54) is 5.56 Å². The summed E-state index contributed by atoms with van der Waals surface area (Å²) in [5.74, 6) is 0. The summed E-state index contributed by atoms with van der Waals surface area (Å²) in [6.07, 6.45) is 2.01. The van der Waals surface area contributed by atoms with Crippen LogP contribution in [0.5, 0.6) is 0 Å². The van der Waals surface area contributed by atoms with Crippen molar-refractivity contribution < 1.29 is 0 Å². The molecule has 5 aromatic rings. The molecule has 0 fully saturated rings.